The highest BCUT2D eigenvalue weighted by molar-refractivity contribution is 5.72. The van der Waals surface area contributed by atoms with Crippen molar-refractivity contribution in [3.05, 3.63) is 29.3 Å². The van der Waals surface area contributed by atoms with Crippen LogP contribution in [0.5, 0.6) is 5.75 Å². The number of nitrogens with two attached hydrogens (primary N) is 1. The van der Waals surface area contributed by atoms with Gasteiger partial charge in [0.25, 0.3) is 0 Å². The Hall–Kier alpha value is -1.55. The van der Waals surface area contributed by atoms with Gasteiger partial charge in [-0.3, -0.25) is 4.79 Å². The summed E-state index contributed by atoms with van der Waals surface area (Å²) in [6.45, 7) is 6.66. The number of rotatable bonds is 6. The van der Waals surface area contributed by atoms with Gasteiger partial charge in [0, 0.05) is 6.42 Å². The van der Waals surface area contributed by atoms with E-state index < -0.39 is 12.0 Å². The Morgan fingerprint density at radius 3 is 2.61 bits per heavy atom. The maximum atomic E-state index is 10.5. The summed E-state index contributed by atoms with van der Waals surface area (Å²) in [5.41, 5.74) is 7.88. The quantitative estimate of drug-likeness (QED) is 0.813. The number of carboxylic acids is 1. The standard InChI is InChI=1S/C14H21NO3/c1-9(2)12-5-4-11(8-10(12)3)18-7-6-13(15)14(16)17/h4-5,8-9,13H,6-7,15H2,1-3H3,(H,16,17). The Kier molecular flexibility index (Phi) is 5.16. The van der Waals surface area contributed by atoms with E-state index in [0.29, 0.717) is 18.9 Å². The molecule has 0 bridgehead atoms. The predicted molar refractivity (Wildman–Crippen MR) is 71.0 cm³/mol. The molecule has 0 heterocycles. The molecule has 0 fully saturated rings. The fourth-order valence-corrected chi connectivity index (χ4v) is 1.81. The van der Waals surface area contributed by atoms with Gasteiger partial charge in [-0.05, 0) is 36.1 Å². The largest absolute Gasteiger partial charge is 0.494 e. The Bertz CT molecular complexity index is 416. The van der Waals surface area contributed by atoms with Crippen LogP contribution in [0.3, 0.4) is 0 Å². The summed E-state index contributed by atoms with van der Waals surface area (Å²) in [4.78, 5) is 10.5. The van der Waals surface area contributed by atoms with Gasteiger partial charge in [0.05, 0.1) is 6.61 Å². The van der Waals surface area contributed by atoms with Gasteiger partial charge in [-0.25, -0.2) is 0 Å². The van der Waals surface area contributed by atoms with Crippen LogP contribution in [0, 0.1) is 6.92 Å². The third-order valence-corrected chi connectivity index (χ3v) is 2.88. The monoisotopic (exact) mass is 251 g/mol. The average molecular weight is 251 g/mol. The molecule has 0 aliphatic rings. The molecule has 0 aliphatic carbocycles. The van der Waals surface area contributed by atoms with Crippen molar-refractivity contribution in [3.8, 4) is 5.75 Å². The van der Waals surface area contributed by atoms with Gasteiger partial charge in [-0.2, -0.15) is 0 Å². The number of aryl methyl sites for hydroxylation is 1. The fourth-order valence-electron chi connectivity index (χ4n) is 1.81. The van der Waals surface area contributed by atoms with E-state index in [0.717, 1.165) is 5.75 Å². The molecule has 0 saturated heterocycles. The van der Waals surface area contributed by atoms with E-state index in [9.17, 15) is 4.79 Å². The van der Waals surface area contributed by atoms with E-state index >= 15 is 0 Å². The maximum Gasteiger partial charge on any atom is 0.320 e. The van der Waals surface area contributed by atoms with Crippen LogP contribution < -0.4 is 10.5 Å². The lowest BCUT2D eigenvalue weighted by molar-refractivity contribution is -0.138. The number of hydrogen-bond donors (Lipinski definition) is 2. The summed E-state index contributed by atoms with van der Waals surface area (Å²) in [6.07, 6.45) is 0.306. The molecule has 1 unspecified atom stereocenters. The highest BCUT2D eigenvalue weighted by Crippen LogP contribution is 2.23. The number of carbonyl (C=O) groups is 1. The van der Waals surface area contributed by atoms with Crippen molar-refractivity contribution >= 4 is 5.97 Å². The van der Waals surface area contributed by atoms with Gasteiger partial charge in [-0.15, -0.1) is 0 Å². The molecule has 3 N–H and O–H groups in total. The third-order valence-electron chi connectivity index (χ3n) is 2.88. The van der Waals surface area contributed by atoms with Gasteiger partial charge in [-0.1, -0.05) is 19.9 Å². The van der Waals surface area contributed by atoms with Crippen LogP contribution in [-0.2, 0) is 4.79 Å². The average Bonchev–Trinajstić information content (AvgIpc) is 2.28. The van der Waals surface area contributed by atoms with Crippen LogP contribution in [0.4, 0.5) is 0 Å². The van der Waals surface area contributed by atoms with Crippen molar-refractivity contribution in [2.24, 2.45) is 5.73 Å². The van der Waals surface area contributed by atoms with Crippen molar-refractivity contribution in [2.75, 3.05) is 6.61 Å². The minimum Gasteiger partial charge on any atom is -0.494 e. The lowest BCUT2D eigenvalue weighted by Gasteiger charge is -2.13. The first-order valence-electron chi connectivity index (χ1n) is 6.13. The third kappa shape index (κ3) is 4.04. The number of benzene rings is 1. The lowest BCUT2D eigenvalue weighted by atomic mass is 9.98. The van der Waals surface area contributed by atoms with Crippen molar-refractivity contribution < 1.29 is 14.6 Å². The Morgan fingerprint density at radius 1 is 1.44 bits per heavy atom. The first-order chi connectivity index (χ1) is 8.41. The Balaban J connectivity index is 2.54. The Morgan fingerprint density at radius 2 is 2.11 bits per heavy atom. The van der Waals surface area contributed by atoms with E-state index in [1.54, 1.807) is 0 Å². The molecule has 0 aromatic heterocycles. The van der Waals surface area contributed by atoms with Crippen LogP contribution >= 0.6 is 0 Å². The van der Waals surface area contributed by atoms with Crippen LogP contribution in [0.25, 0.3) is 0 Å². The molecule has 0 spiro atoms. The molecule has 18 heavy (non-hydrogen) atoms. The van der Waals surface area contributed by atoms with Crippen LogP contribution in [-0.4, -0.2) is 23.7 Å². The molecule has 0 saturated carbocycles. The molecule has 100 valence electrons. The first kappa shape index (κ1) is 14.5. The van der Waals surface area contributed by atoms with Gasteiger partial charge in [0.2, 0.25) is 0 Å². The van der Waals surface area contributed by atoms with Crippen LogP contribution in [0.15, 0.2) is 18.2 Å². The fraction of sp³-hybridized carbons (Fsp3) is 0.500. The topological polar surface area (TPSA) is 72.5 Å². The number of aliphatic carboxylic acids is 1. The van der Waals surface area contributed by atoms with E-state index in [1.807, 2.05) is 25.1 Å². The second-order valence-electron chi connectivity index (χ2n) is 4.75. The van der Waals surface area contributed by atoms with Crippen LogP contribution in [0.2, 0.25) is 0 Å². The molecule has 1 aromatic carbocycles. The van der Waals surface area contributed by atoms with Crippen molar-refractivity contribution in [3.63, 3.8) is 0 Å². The van der Waals surface area contributed by atoms with Crippen molar-refractivity contribution in [1.82, 2.24) is 0 Å². The summed E-state index contributed by atoms with van der Waals surface area (Å²) < 4.78 is 5.50. The van der Waals surface area contributed by atoms with Gasteiger partial charge >= 0.3 is 5.97 Å². The minimum absolute atomic E-state index is 0.306. The number of carboxylic acid groups (broad SMARTS) is 1. The maximum absolute atomic E-state index is 10.5. The molecule has 0 aliphatic heterocycles. The normalized spacial score (nSPS) is 12.5. The smallest absolute Gasteiger partial charge is 0.320 e. The second-order valence-corrected chi connectivity index (χ2v) is 4.75. The zero-order valence-corrected chi connectivity index (χ0v) is 11.1. The molecule has 1 rings (SSSR count). The second kappa shape index (κ2) is 6.40. The zero-order chi connectivity index (χ0) is 13.7. The molecule has 4 heteroatoms. The van der Waals surface area contributed by atoms with E-state index in [4.69, 9.17) is 15.6 Å². The molecular formula is C14H21NO3. The van der Waals surface area contributed by atoms with Gasteiger partial charge < -0.3 is 15.6 Å². The Labute approximate surface area is 108 Å². The zero-order valence-electron chi connectivity index (χ0n) is 11.1. The SMILES string of the molecule is Cc1cc(OCCC(N)C(=O)O)ccc1C(C)C. The predicted octanol–water partition coefficient (Wildman–Crippen LogP) is 2.30. The van der Waals surface area contributed by atoms with Crippen molar-refractivity contribution in [2.45, 2.75) is 39.2 Å². The van der Waals surface area contributed by atoms with Gasteiger partial charge in [0.15, 0.2) is 0 Å². The first-order valence-corrected chi connectivity index (χ1v) is 6.13. The number of ether oxygens (including phenoxy) is 1. The molecule has 0 amide bonds. The van der Waals surface area contributed by atoms with E-state index in [1.165, 1.54) is 11.1 Å². The van der Waals surface area contributed by atoms with Gasteiger partial charge in [0.1, 0.15) is 11.8 Å². The molecule has 0 radical (unpaired) electrons. The highest BCUT2D eigenvalue weighted by Gasteiger charge is 2.11. The summed E-state index contributed by atoms with van der Waals surface area (Å²) in [5, 5.41) is 8.64. The molecule has 4 nitrogen and oxygen atoms in total. The van der Waals surface area contributed by atoms with E-state index in [-0.39, 0.29) is 0 Å². The molecular weight excluding hydrogens is 230 g/mol. The summed E-state index contributed by atoms with van der Waals surface area (Å²) >= 11 is 0. The summed E-state index contributed by atoms with van der Waals surface area (Å²) in [7, 11) is 0. The van der Waals surface area contributed by atoms with E-state index in [2.05, 4.69) is 13.8 Å². The highest BCUT2D eigenvalue weighted by atomic mass is 16.5. The number of hydrogen-bond acceptors (Lipinski definition) is 3. The van der Waals surface area contributed by atoms with Crippen LogP contribution in [0.1, 0.15) is 37.3 Å². The minimum atomic E-state index is -0.995. The molecule has 1 atom stereocenters. The lowest BCUT2D eigenvalue weighted by Crippen LogP contribution is -2.31. The summed E-state index contributed by atoms with van der Waals surface area (Å²) in [6, 6.07) is 5.07. The summed E-state index contributed by atoms with van der Waals surface area (Å²) in [5.74, 6) is 0.249. The van der Waals surface area contributed by atoms with Crippen molar-refractivity contribution in [1.29, 1.82) is 0 Å². The molecule has 1 aromatic rings.